The van der Waals surface area contributed by atoms with Gasteiger partial charge in [-0.25, -0.2) is 4.79 Å². The van der Waals surface area contributed by atoms with Crippen LogP contribution in [0.15, 0.2) is 23.6 Å². The molecule has 0 atom stereocenters. The molecule has 0 radical (unpaired) electrons. The van der Waals surface area contributed by atoms with E-state index in [9.17, 15) is 9.90 Å². The number of methoxy groups -OCH3 is 1. The number of carbonyl (C=O) groups is 1. The molecule has 0 spiro atoms. The number of allylic oxidation sites excluding steroid dienone is 3. The van der Waals surface area contributed by atoms with Gasteiger partial charge in [-0.1, -0.05) is 6.08 Å². The van der Waals surface area contributed by atoms with Crippen LogP contribution in [0.25, 0.3) is 0 Å². The van der Waals surface area contributed by atoms with E-state index in [0.29, 0.717) is 12.1 Å². The summed E-state index contributed by atoms with van der Waals surface area (Å²) in [6, 6.07) is 0. The maximum absolute atomic E-state index is 10.7. The molecule has 1 aliphatic carbocycles. The van der Waals surface area contributed by atoms with E-state index in [1.165, 1.54) is 7.11 Å². The molecule has 2 N–H and O–H groups in total. The van der Waals surface area contributed by atoms with Crippen LogP contribution in [0.1, 0.15) is 12.8 Å². The number of amides is 1. The summed E-state index contributed by atoms with van der Waals surface area (Å²) in [5.74, 6) is 0.197. The fourth-order valence-electron chi connectivity index (χ4n) is 0.927. The van der Waals surface area contributed by atoms with E-state index in [-0.39, 0.29) is 5.76 Å². The van der Waals surface area contributed by atoms with Gasteiger partial charge in [0, 0.05) is 6.42 Å². The molecule has 0 aromatic carbocycles. The molecule has 1 rings (SSSR count). The van der Waals surface area contributed by atoms with Gasteiger partial charge in [-0.3, -0.25) is 5.32 Å². The van der Waals surface area contributed by atoms with E-state index >= 15 is 0 Å². The Kier molecular flexibility index (Phi) is 2.74. The smallest absolute Gasteiger partial charge is 0.411 e. The van der Waals surface area contributed by atoms with Crippen LogP contribution in [0.2, 0.25) is 0 Å². The van der Waals surface area contributed by atoms with Crippen molar-refractivity contribution < 1.29 is 14.6 Å². The van der Waals surface area contributed by atoms with Crippen molar-refractivity contribution in [2.75, 3.05) is 7.11 Å². The molecule has 0 aliphatic heterocycles. The largest absolute Gasteiger partial charge is 0.510 e. The highest BCUT2D eigenvalue weighted by Gasteiger charge is 2.09. The van der Waals surface area contributed by atoms with E-state index < -0.39 is 6.09 Å². The Labute approximate surface area is 70.5 Å². The summed E-state index contributed by atoms with van der Waals surface area (Å²) >= 11 is 0. The van der Waals surface area contributed by atoms with Gasteiger partial charge in [0.05, 0.1) is 12.8 Å². The van der Waals surface area contributed by atoms with Crippen molar-refractivity contribution >= 4 is 6.09 Å². The number of alkyl carbamates (subject to hydrolysis) is 1. The molecule has 4 heteroatoms. The number of nitrogens with one attached hydrogen (secondary N) is 1. The van der Waals surface area contributed by atoms with Crippen molar-refractivity contribution in [3.05, 3.63) is 23.6 Å². The summed E-state index contributed by atoms with van der Waals surface area (Å²) in [5.41, 5.74) is 0.424. The molecule has 0 saturated heterocycles. The monoisotopic (exact) mass is 169 g/mol. The van der Waals surface area contributed by atoms with E-state index in [1.54, 1.807) is 6.08 Å². The lowest BCUT2D eigenvalue weighted by Crippen LogP contribution is -2.23. The molecule has 0 saturated carbocycles. The normalized spacial score (nSPS) is 16.1. The van der Waals surface area contributed by atoms with E-state index in [0.717, 1.165) is 6.42 Å². The van der Waals surface area contributed by atoms with Gasteiger partial charge in [-0.2, -0.15) is 0 Å². The maximum Gasteiger partial charge on any atom is 0.411 e. The lowest BCUT2D eigenvalue weighted by Gasteiger charge is -2.10. The number of aliphatic hydroxyl groups excluding tert-OH is 1. The number of ether oxygens (including phenoxy) is 1. The van der Waals surface area contributed by atoms with Crippen molar-refractivity contribution in [2.24, 2.45) is 0 Å². The van der Waals surface area contributed by atoms with Crippen LogP contribution in [0.5, 0.6) is 0 Å². The summed E-state index contributed by atoms with van der Waals surface area (Å²) in [6.07, 6.45) is 4.34. The first-order valence-electron chi connectivity index (χ1n) is 3.67. The third kappa shape index (κ3) is 2.02. The summed E-state index contributed by atoms with van der Waals surface area (Å²) in [5, 5.41) is 11.7. The second kappa shape index (κ2) is 3.80. The van der Waals surface area contributed by atoms with Gasteiger partial charge in [0.1, 0.15) is 5.76 Å². The standard InChI is InChI=1S/C8H11NO3/c1-12-8(11)9-6-4-2-3-5-7(6)10/h2,4,10H,3,5H2,1H3,(H,9,11). The van der Waals surface area contributed by atoms with Gasteiger partial charge in [0.25, 0.3) is 0 Å². The van der Waals surface area contributed by atoms with Crippen LogP contribution in [-0.2, 0) is 4.74 Å². The minimum absolute atomic E-state index is 0.197. The van der Waals surface area contributed by atoms with Crippen molar-refractivity contribution in [3.63, 3.8) is 0 Å². The average molecular weight is 169 g/mol. The van der Waals surface area contributed by atoms with Crippen LogP contribution < -0.4 is 5.32 Å². The zero-order chi connectivity index (χ0) is 8.97. The molecule has 0 heterocycles. The molecule has 1 amide bonds. The Morgan fingerprint density at radius 1 is 1.75 bits per heavy atom. The highest BCUT2D eigenvalue weighted by Crippen LogP contribution is 2.13. The zero-order valence-electron chi connectivity index (χ0n) is 6.83. The fraction of sp³-hybridized carbons (Fsp3) is 0.375. The molecule has 66 valence electrons. The first-order valence-corrected chi connectivity index (χ1v) is 3.67. The van der Waals surface area contributed by atoms with Crippen molar-refractivity contribution in [1.29, 1.82) is 0 Å². The van der Waals surface area contributed by atoms with Gasteiger partial charge in [0.2, 0.25) is 0 Å². The lowest BCUT2D eigenvalue weighted by atomic mass is 10.1. The minimum Gasteiger partial charge on any atom is -0.510 e. The van der Waals surface area contributed by atoms with E-state index in [1.807, 2.05) is 6.08 Å². The van der Waals surface area contributed by atoms with Crippen molar-refractivity contribution in [1.82, 2.24) is 5.32 Å². The highest BCUT2D eigenvalue weighted by atomic mass is 16.5. The molecule has 0 fully saturated rings. The van der Waals surface area contributed by atoms with Crippen molar-refractivity contribution in [3.8, 4) is 0 Å². The Morgan fingerprint density at radius 3 is 3.08 bits per heavy atom. The third-order valence-corrected chi connectivity index (χ3v) is 1.57. The van der Waals surface area contributed by atoms with Gasteiger partial charge in [-0.15, -0.1) is 0 Å². The van der Waals surface area contributed by atoms with Crippen LogP contribution >= 0.6 is 0 Å². The molecule has 0 unspecified atom stereocenters. The zero-order valence-corrected chi connectivity index (χ0v) is 6.83. The van der Waals surface area contributed by atoms with E-state index in [4.69, 9.17) is 0 Å². The first kappa shape index (κ1) is 8.64. The molecule has 0 aromatic rings. The highest BCUT2D eigenvalue weighted by molar-refractivity contribution is 5.70. The maximum atomic E-state index is 10.7. The average Bonchev–Trinajstić information content (AvgIpc) is 2.09. The Morgan fingerprint density at radius 2 is 2.50 bits per heavy atom. The van der Waals surface area contributed by atoms with Crippen LogP contribution in [0, 0.1) is 0 Å². The second-order valence-corrected chi connectivity index (χ2v) is 2.42. The molecule has 12 heavy (non-hydrogen) atoms. The van der Waals surface area contributed by atoms with Crippen LogP contribution in [0.4, 0.5) is 4.79 Å². The number of hydrogen-bond acceptors (Lipinski definition) is 3. The number of hydrogen-bond donors (Lipinski definition) is 2. The summed E-state index contributed by atoms with van der Waals surface area (Å²) in [6.45, 7) is 0. The first-order chi connectivity index (χ1) is 5.74. The molecule has 1 aliphatic rings. The molecule has 0 aromatic heterocycles. The van der Waals surface area contributed by atoms with Gasteiger partial charge < -0.3 is 9.84 Å². The lowest BCUT2D eigenvalue weighted by molar-refractivity contribution is 0.173. The third-order valence-electron chi connectivity index (χ3n) is 1.57. The van der Waals surface area contributed by atoms with Crippen LogP contribution in [-0.4, -0.2) is 18.3 Å². The fourth-order valence-corrected chi connectivity index (χ4v) is 0.927. The quantitative estimate of drug-likeness (QED) is 0.624. The Bertz CT molecular complexity index is 243. The predicted molar refractivity (Wildman–Crippen MR) is 43.6 cm³/mol. The van der Waals surface area contributed by atoms with Gasteiger partial charge >= 0.3 is 6.09 Å². The second-order valence-electron chi connectivity index (χ2n) is 2.42. The Hall–Kier alpha value is -1.45. The molecular weight excluding hydrogens is 158 g/mol. The minimum atomic E-state index is -0.567. The summed E-state index contributed by atoms with van der Waals surface area (Å²) in [7, 11) is 1.28. The Balaban J connectivity index is 2.61. The number of rotatable bonds is 1. The topological polar surface area (TPSA) is 58.6 Å². The van der Waals surface area contributed by atoms with Gasteiger partial charge in [0.15, 0.2) is 0 Å². The summed E-state index contributed by atoms with van der Waals surface area (Å²) < 4.78 is 4.37. The van der Waals surface area contributed by atoms with E-state index in [2.05, 4.69) is 10.1 Å². The van der Waals surface area contributed by atoms with Gasteiger partial charge in [-0.05, 0) is 12.5 Å². The number of aliphatic hydroxyl groups is 1. The predicted octanol–water partition coefficient (Wildman–Crippen LogP) is 1.46. The number of carbonyl (C=O) groups excluding carboxylic acids is 1. The SMILES string of the molecule is COC(=O)NC1=C(O)CCC=C1. The summed E-state index contributed by atoms with van der Waals surface area (Å²) in [4.78, 5) is 10.7. The molecule has 4 nitrogen and oxygen atoms in total. The molecule has 0 bridgehead atoms. The van der Waals surface area contributed by atoms with Crippen molar-refractivity contribution in [2.45, 2.75) is 12.8 Å². The molecular formula is C8H11NO3. The van der Waals surface area contributed by atoms with Crippen LogP contribution in [0.3, 0.4) is 0 Å².